The number of rotatable bonds is 8. The summed E-state index contributed by atoms with van der Waals surface area (Å²) in [6, 6.07) is 18.2. The first-order valence-corrected chi connectivity index (χ1v) is 12.5. The van der Waals surface area contributed by atoms with E-state index in [9.17, 15) is 9.59 Å². The van der Waals surface area contributed by atoms with Crippen molar-refractivity contribution in [2.45, 2.75) is 20.5 Å². The predicted octanol–water partition coefficient (Wildman–Crippen LogP) is 6.23. The number of nitrogens with zero attached hydrogens (tertiary/aromatic N) is 1. The van der Waals surface area contributed by atoms with Crippen LogP contribution < -0.4 is 14.8 Å². The number of ether oxygens (including phenoxy) is 3. The zero-order valence-electron chi connectivity index (χ0n) is 19.5. The summed E-state index contributed by atoms with van der Waals surface area (Å²) >= 11 is 8.81. The Morgan fingerprint density at radius 3 is 2.58 bits per heavy atom. The highest BCUT2D eigenvalue weighted by molar-refractivity contribution is 14.1. The molecule has 0 aromatic heterocycles. The average Bonchev–Trinajstić information content (AvgIpc) is 3.20. The van der Waals surface area contributed by atoms with E-state index in [1.165, 1.54) is 6.92 Å². The van der Waals surface area contributed by atoms with Crippen molar-refractivity contribution in [1.29, 1.82) is 0 Å². The normalized spacial score (nSPS) is 13.8. The number of amides is 1. The van der Waals surface area contributed by atoms with Gasteiger partial charge in [-0.3, -0.25) is 4.79 Å². The number of benzene rings is 3. The van der Waals surface area contributed by atoms with E-state index in [0.29, 0.717) is 46.5 Å². The summed E-state index contributed by atoms with van der Waals surface area (Å²) < 4.78 is 18.2. The van der Waals surface area contributed by atoms with Crippen molar-refractivity contribution < 1.29 is 23.8 Å². The van der Waals surface area contributed by atoms with Gasteiger partial charge in [0.2, 0.25) is 11.8 Å². The highest BCUT2D eigenvalue weighted by Crippen LogP contribution is 2.38. The third kappa shape index (κ3) is 6.24. The molecule has 0 atom stereocenters. The first-order chi connectivity index (χ1) is 17.3. The fourth-order valence-electron chi connectivity index (χ4n) is 3.43. The average molecular weight is 617 g/mol. The molecule has 36 heavy (non-hydrogen) atoms. The maximum absolute atomic E-state index is 12.5. The Morgan fingerprint density at radius 2 is 1.89 bits per heavy atom. The lowest BCUT2D eigenvalue weighted by molar-refractivity contribution is -0.129. The third-order valence-electron chi connectivity index (χ3n) is 5.04. The van der Waals surface area contributed by atoms with Crippen molar-refractivity contribution in [3.05, 3.63) is 91.6 Å². The monoisotopic (exact) mass is 616 g/mol. The number of esters is 1. The number of anilines is 1. The van der Waals surface area contributed by atoms with E-state index in [0.717, 1.165) is 9.13 Å². The summed E-state index contributed by atoms with van der Waals surface area (Å²) in [5.41, 5.74) is 3.01. The summed E-state index contributed by atoms with van der Waals surface area (Å²) in [6.07, 6.45) is 1.58. The Kier molecular flexibility index (Phi) is 8.27. The quantitative estimate of drug-likeness (QED) is 0.184. The van der Waals surface area contributed by atoms with Gasteiger partial charge in [0.1, 0.15) is 6.61 Å². The van der Waals surface area contributed by atoms with E-state index in [4.69, 9.17) is 25.8 Å². The molecule has 1 aliphatic heterocycles. The maximum Gasteiger partial charge on any atom is 0.363 e. The van der Waals surface area contributed by atoms with Gasteiger partial charge in [-0.1, -0.05) is 29.8 Å². The topological polar surface area (TPSA) is 86.2 Å². The Balaban J connectivity index is 1.58. The molecule has 0 saturated heterocycles. The molecule has 0 saturated carbocycles. The van der Waals surface area contributed by atoms with Crippen LogP contribution in [-0.4, -0.2) is 24.4 Å². The van der Waals surface area contributed by atoms with Gasteiger partial charge in [0, 0.05) is 27.3 Å². The van der Waals surface area contributed by atoms with Gasteiger partial charge in [0.05, 0.1) is 11.6 Å². The Labute approximate surface area is 227 Å². The van der Waals surface area contributed by atoms with Crippen molar-refractivity contribution in [2.75, 3.05) is 11.9 Å². The molecule has 1 N–H and O–H groups in total. The SMILES string of the molecule is CCOc1cc(/C=C2\N=C(c3ccc(NC(C)=O)cc3)OC2=O)cc(Cl)c1OCc1ccccc1I. The van der Waals surface area contributed by atoms with Crippen molar-refractivity contribution in [2.24, 2.45) is 4.99 Å². The number of aliphatic imine (C=N–C) groups is 1. The largest absolute Gasteiger partial charge is 0.490 e. The molecule has 9 heteroatoms. The van der Waals surface area contributed by atoms with Gasteiger partial charge in [-0.25, -0.2) is 9.79 Å². The maximum atomic E-state index is 12.5. The van der Waals surface area contributed by atoms with E-state index in [1.807, 2.05) is 31.2 Å². The minimum atomic E-state index is -0.580. The molecular formula is C27H22ClIN2O5. The molecule has 0 bridgehead atoms. The van der Waals surface area contributed by atoms with Gasteiger partial charge in [0.15, 0.2) is 17.2 Å². The van der Waals surface area contributed by atoms with Gasteiger partial charge >= 0.3 is 5.97 Å². The molecule has 0 radical (unpaired) electrons. The summed E-state index contributed by atoms with van der Waals surface area (Å²) in [5.74, 6) is 0.316. The molecule has 0 aliphatic carbocycles. The standard InChI is InChI=1S/C27H22ClIN2O5/c1-3-34-24-14-17(12-21(28)25(24)35-15-19-6-4-5-7-22(19)29)13-23-27(33)36-26(31-23)18-8-10-20(11-9-18)30-16(2)32/h4-14H,3,15H2,1-2H3,(H,30,32)/b23-13-. The molecule has 4 rings (SSSR count). The molecule has 1 aliphatic rings. The van der Waals surface area contributed by atoms with Gasteiger partial charge in [-0.15, -0.1) is 0 Å². The summed E-state index contributed by atoms with van der Waals surface area (Å²) in [6.45, 7) is 4.04. The summed E-state index contributed by atoms with van der Waals surface area (Å²) in [7, 11) is 0. The van der Waals surface area contributed by atoms with Crippen LogP contribution in [0.1, 0.15) is 30.5 Å². The van der Waals surface area contributed by atoms with Gasteiger partial charge in [-0.2, -0.15) is 0 Å². The van der Waals surface area contributed by atoms with E-state index in [2.05, 4.69) is 32.9 Å². The number of halogens is 2. The van der Waals surface area contributed by atoms with Crippen LogP contribution in [0.4, 0.5) is 5.69 Å². The van der Waals surface area contributed by atoms with Crippen LogP contribution in [0, 0.1) is 3.57 Å². The second-order valence-corrected chi connectivity index (χ2v) is 9.31. The molecule has 1 heterocycles. The van der Waals surface area contributed by atoms with Crippen LogP contribution >= 0.6 is 34.2 Å². The summed E-state index contributed by atoms with van der Waals surface area (Å²) in [4.78, 5) is 28.0. The van der Waals surface area contributed by atoms with Crippen LogP contribution in [0.25, 0.3) is 6.08 Å². The molecule has 7 nitrogen and oxygen atoms in total. The number of cyclic esters (lactones) is 1. The zero-order chi connectivity index (χ0) is 25.7. The lowest BCUT2D eigenvalue weighted by atomic mass is 10.1. The summed E-state index contributed by atoms with van der Waals surface area (Å²) in [5, 5.41) is 3.04. The van der Waals surface area contributed by atoms with Crippen molar-refractivity contribution in [3.8, 4) is 11.5 Å². The minimum Gasteiger partial charge on any atom is -0.490 e. The lowest BCUT2D eigenvalue weighted by Crippen LogP contribution is -2.07. The number of carbonyl (C=O) groups is 2. The predicted molar refractivity (Wildman–Crippen MR) is 147 cm³/mol. The third-order valence-corrected chi connectivity index (χ3v) is 6.37. The molecule has 3 aromatic carbocycles. The zero-order valence-corrected chi connectivity index (χ0v) is 22.4. The van der Waals surface area contributed by atoms with Gasteiger partial charge < -0.3 is 19.5 Å². The molecule has 3 aromatic rings. The second kappa shape index (κ2) is 11.6. The number of hydrogen-bond donors (Lipinski definition) is 1. The van der Waals surface area contributed by atoms with Crippen LogP contribution in [0.15, 0.2) is 71.4 Å². The van der Waals surface area contributed by atoms with Crippen molar-refractivity contribution in [3.63, 3.8) is 0 Å². The highest BCUT2D eigenvalue weighted by atomic mass is 127. The Hall–Kier alpha value is -3.37. The van der Waals surface area contributed by atoms with Crippen molar-refractivity contribution in [1.82, 2.24) is 0 Å². The molecule has 1 amide bonds. The second-order valence-electron chi connectivity index (χ2n) is 7.74. The van der Waals surface area contributed by atoms with E-state index in [-0.39, 0.29) is 17.5 Å². The minimum absolute atomic E-state index is 0.127. The molecule has 0 spiro atoms. The van der Waals surface area contributed by atoms with Crippen molar-refractivity contribution >= 4 is 63.7 Å². The first-order valence-electron chi connectivity index (χ1n) is 11.1. The van der Waals surface area contributed by atoms with E-state index in [1.54, 1.807) is 42.5 Å². The van der Waals surface area contributed by atoms with E-state index < -0.39 is 5.97 Å². The van der Waals surface area contributed by atoms with Gasteiger partial charge in [-0.05, 0) is 83.6 Å². The number of carbonyl (C=O) groups excluding carboxylic acids is 2. The molecule has 0 fully saturated rings. The molecule has 184 valence electrons. The Morgan fingerprint density at radius 1 is 1.14 bits per heavy atom. The smallest absolute Gasteiger partial charge is 0.363 e. The lowest BCUT2D eigenvalue weighted by Gasteiger charge is -2.15. The van der Waals surface area contributed by atoms with Gasteiger partial charge in [0.25, 0.3) is 0 Å². The van der Waals surface area contributed by atoms with E-state index >= 15 is 0 Å². The fourth-order valence-corrected chi connectivity index (χ4v) is 4.25. The number of nitrogens with one attached hydrogen (secondary N) is 1. The van der Waals surface area contributed by atoms with Crippen LogP contribution in [0.3, 0.4) is 0 Å². The molecular weight excluding hydrogens is 595 g/mol. The fraction of sp³-hybridized carbons (Fsp3) is 0.148. The highest BCUT2D eigenvalue weighted by Gasteiger charge is 2.24. The van der Waals surface area contributed by atoms with Crippen LogP contribution in [0.2, 0.25) is 5.02 Å². The Bertz CT molecular complexity index is 1370. The number of hydrogen-bond acceptors (Lipinski definition) is 6. The van der Waals surface area contributed by atoms with Crippen LogP contribution in [0.5, 0.6) is 11.5 Å². The molecule has 0 unspecified atom stereocenters. The van der Waals surface area contributed by atoms with Crippen LogP contribution in [-0.2, 0) is 20.9 Å². The first kappa shape index (κ1) is 25.7.